The Morgan fingerprint density at radius 2 is 2.25 bits per heavy atom. The molecule has 110 valence electrons. The van der Waals surface area contributed by atoms with Crippen molar-refractivity contribution in [1.82, 2.24) is 20.0 Å². The average Bonchev–Trinajstić information content (AvgIpc) is 3.06. The van der Waals surface area contributed by atoms with E-state index in [1.807, 2.05) is 6.92 Å². The lowest BCUT2D eigenvalue weighted by Crippen LogP contribution is -2.43. The van der Waals surface area contributed by atoms with Crippen LogP contribution in [0.3, 0.4) is 0 Å². The lowest BCUT2D eigenvalue weighted by molar-refractivity contribution is 0.0921. The van der Waals surface area contributed by atoms with Crippen molar-refractivity contribution in [2.45, 2.75) is 44.7 Å². The summed E-state index contributed by atoms with van der Waals surface area (Å²) in [5, 5.41) is 7.48. The van der Waals surface area contributed by atoms with Crippen LogP contribution in [0, 0.1) is 0 Å². The van der Waals surface area contributed by atoms with Gasteiger partial charge in [-0.3, -0.25) is 14.4 Å². The summed E-state index contributed by atoms with van der Waals surface area (Å²) in [6.45, 7) is 4.26. The van der Waals surface area contributed by atoms with Gasteiger partial charge in [-0.1, -0.05) is 6.92 Å². The van der Waals surface area contributed by atoms with E-state index in [-0.39, 0.29) is 11.9 Å². The Morgan fingerprint density at radius 1 is 1.45 bits per heavy atom. The van der Waals surface area contributed by atoms with Gasteiger partial charge in [0.1, 0.15) is 5.69 Å². The first-order valence-corrected chi connectivity index (χ1v) is 7.48. The van der Waals surface area contributed by atoms with Crippen LogP contribution < -0.4 is 11.1 Å². The number of hydrogen-bond donors (Lipinski definition) is 2. The van der Waals surface area contributed by atoms with Crippen molar-refractivity contribution in [2.24, 2.45) is 7.05 Å². The van der Waals surface area contributed by atoms with Gasteiger partial charge < -0.3 is 11.1 Å². The molecule has 0 spiro atoms. The van der Waals surface area contributed by atoms with Crippen LogP contribution in [0.25, 0.3) is 0 Å². The second kappa shape index (κ2) is 5.09. The topological polar surface area (TPSA) is 76.2 Å². The summed E-state index contributed by atoms with van der Waals surface area (Å²) in [6, 6.07) is 0.767. The lowest BCUT2D eigenvalue weighted by atomic mass is 10.1. The third kappa shape index (κ3) is 2.08. The Bertz CT molecular complexity index is 524. The van der Waals surface area contributed by atoms with Gasteiger partial charge in [0.15, 0.2) is 0 Å². The van der Waals surface area contributed by atoms with Gasteiger partial charge in [-0.05, 0) is 32.2 Å². The molecule has 0 aliphatic carbocycles. The van der Waals surface area contributed by atoms with Crippen LogP contribution in [0.2, 0.25) is 0 Å². The molecule has 1 aromatic heterocycles. The van der Waals surface area contributed by atoms with Crippen molar-refractivity contribution in [2.75, 3.05) is 18.8 Å². The molecule has 3 N–H and O–H groups in total. The second-order valence-corrected chi connectivity index (χ2v) is 5.80. The van der Waals surface area contributed by atoms with Gasteiger partial charge in [-0.15, -0.1) is 0 Å². The number of rotatable bonds is 3. The van der Waals surface area contributed by atoms with Crippen LogP contribution in [-0.4, -0.2) is 45.8 Å². The Balaban J connectivity index is 1.75. The van der Waals surface area contributed by atoms with Crippen LogP contribution in [0.1, 0.15) is 42.4 Å². The zero-order chi connectivity index (χ0) is 14.3. The predicted molar refractivity (Wildman–Crippen MR) is 77.5 cm³/mol. The summed E-state index contributed by atoms with van der Waals surface area (Å²) in [5.74, 6) is -0.0871. The van der Waals surface area contributed by atoms with Crippen LogP contribution in [0.4, 0.5) is 5.69 Å². The van der Waals surface area contributed by atoms with E-state index >= 15 is 0 Å². The van der Waals surface area contributed by atoms with Crippen molar-refractivity contribution in [3.05, 3.63) is 11.4 Å². The highest BCUT2D eigenvalue weighted by Crippen LogP contribution is 2.28. The maximum Gasteiger partial charge on any atom is 0.271 e. The molecule has 3 rings (SSSR count). The smallest absolute Gasteiger partial charge is 0.271 e. The minimum Gasteiger partial charge on any atom is -0.395 e. The van der Waals surface area contributed by atoms with E-state index in [0.717, 1.165) is 25.1 Å². The maximum absolute atomic E-state index is 12.5. The van der Waals surface area contributed by atoms with Crippen LogP contribution in [0.5, 0.6) is 0 Å². The molecule has 2 aliphatic rings. The van der Waals surface area contributed by atoms with E-state index in [1.165, 1.54) is 19.4 Å². The average molecular weight is 277 g/mol. The molecule has 0 saturated carbocycles. The molecule has 3 heterocycles. The van der Waals surface area contributed by atoms with Crippen LogP contribution in [0.15, 0.2) is 0 Å². The molecule has 0 radical (unpaired) electrons. The monoisotopic (exact) mass is 277 g/mol. The lowest BCUT2D eigenvalue weighted by Gasteiger charge is -2.21. The van der Waals surface area contributed by atoms with Gasteiger partial charge in [0.2, 0.25) is 0 Å². The molecule has 2 fully saturated rings. The normalized spacial score (nSPS) is 25.9. The number of carbonyl (C=O) groups is 1. The molecule has 1 aromatic rings. The summed E-state index contributed by atoms with van der Waals surface area (Å²) in [6.07, 6.45) is 4.21. The van der Waals surface area contributed by atoms with Crippen molar-refractivity contribution < 1.29 is 4.79 Å². The van der Waals surface area contributed by atoms with Crippen LogP contribution in [-0.2, 0) is 13.5 Å². The fourth-order valence-electron chi connectivity index (χ4n) is 3.61. The minimum atomic E-state index is -0.0871. The molecule has 6 nitrogen and oxygen atoms in total. The minimum absolute atomic E-state index is 0.0871. The van der Waals surface area contributed by atoms with Crippen molar-refractivity contribution in [3.8, 4) is 0 Å². The first kappa shape index (κ1) is 13.4. The highest BCUT2D eigenvalue weighted by molar-refractivity contribution is 5.98. The number of nitrogen functional groups attached to an aromatic ring is 1. The fraction of sp³-hybridized carbons (Fsp3) is 0.714. The number of nitrogens with zero attached hydrogens (tertiary/aromatic N) is 3. The van der Waals surface area contributed by atoms with E-state index < -0.39 is 0 Å². The Hall–Kier alpha value is -1.56. The van der Waals surface area contributed by atoms with Gasteiger partial charge in [-0.2, -0.15) is 5.10 Å². The summed E-state index contributed by atoms with van der Waals surface area (Å²) in [5.41, 5.74) is 7.86. The SMILES string of the molecule is CCc1nn(C)c(C(=O)NC2CCN3CCCC23)c1N. The molecular weight excluding hydrogens is 254 g/mol. The largest absolute Gasteiger partial charge is 0.395 e. The third-order valence-corrected chi connectivity index (χ3v) is 4.63. The van der Waals surface area contributed by atoms with Gasteiger partial charge in [-0.25, -0.2) is 0 Å². The number of amides is 1. The first-order chi connectivity index (χ1) is 9.61. The van der Waals surface area contributed by atoms with Crippen molar-refractivity contribution in [3.63, 3.8) is 0 Å². The van der Waals surface area contributed by atoms with Gasteiger partial charge >= 0.3 is 0 Å². The van der Waals surface area contributed by atoms with E-state index in [9.17, 15) is 4.79 Å². The molecule has 2 saturated heterocycles. The molecule has 2 unspecified atom stereocenters. The zero-order valence-corrected chi connectivity index (χ0v) is 12.2. The number of hydrogen-bond acceptors (Lipinski definition) is 4. The van der Waals surface area contributed by atoms with Gasteiger partial charge in [0.25, 0.3) is 5.91 Å². The van der Waals surface area contributed by atoms with Gasteiger partial charge in [0.05, 0.1) is 11.4 Å². The van der Waals surface area contributed by atoms with E-state index in [1.54, 1.807) is 11.7 Å². The number of nitrogens with one attached hydrogen (secondary N) is 1. The second-order valence-electron chi connectivity index (χ2n) is 5.80. The highest BCUT2D eigenvalue weighted by Gasteiger charge is 2.38. The number of aryl methyl sites for hydroxylation is 2. The Labute approximate surface area is 119 Å². The molecule has 0 aromatic carbocycles. The molecule has 6 heteroatoms. The van der Waals surface area contributed by atoms with E-state index in [2.05, 4.69) is 15.3 Å². The molecule has 20 heavy (non-hydrogen) atoms. The molecular formula is C14H23N5O. The van der Waals surface area contributed by atoms with E-state index in [0.29, 0.717) is 17.4 Å². The van der Waals surface area contributed by atoms with Crippen LogP contribution >= 0.6 is 0 Å². The standard InChI is InChI=1S/C14H23N5O/c1-3-9-12(15)13(18(2)17-9)14(20)16-10-6-8-19-7-4-5-11(10)19/h10-11H,3-8,15H2,1-2H3,(H,16,20). The number of anilines is 1. The Morgan fingerprint density at radius 3 is 2.95 bits per heavy atom. The zero-order valence-electron chi connectivity index (χ0n) is 12.2. The first-order valence-electron chi connectivity index (χ1n) is 7.48. The third-order valence-electron chi connectivity index (χ3n) is 4.63. The summed E-state index contributed by atoms with van der Waals surface area (Å²) in [7, 11) is 1.78. The number of nitrogens with two attached hydrogens (primary N) is 1. The summed E-state index contributed by atoms with van der Waals surface area (Å²) in [4.78, 5) is 15.0. The molecule has 0 bridgehead atoms. The molecule has 1 amide bonds. The molecule has 2 aliphatic heterocycles. The van der Waals surface area contributed by atoms with Crippen molar-refractivity contribution in [1.29, 1.82) is 0 Å². The Kier molecular flexibility index (Phi) is 3.41. The maximum atomic E-state index is 12.5. The number of fused-ring (bicyclic) bond motifs is 1. The number of carbonyl (C=O) groups excluding carboxylic acids is 1. The molecule has 2 atom stereocenters. The van der Waals surface area contributed by atoms with Gasteiger partial charge in [0, 0.05) is 25.7 Å². The van der Waals surface area contributed by atoms with Crippen molar-refractivity contribution >= 4 is 11.6 Å². The summed E-state index contributed by atoms with van der Waals surface area (Å²) < 4.78 is 1.60. The number of aromatic nitrogens is 2. The predicted octanol–water partition coefficient (Wildman–Crippen LogP) is 0.531. The fourth-order valence-corrected chi connectivity index (χ4v) is 3.61. The van der Waals surface area contributed by atoms with E-state index in [4.69, 9.17) is 5.73 Å². The highest BCUT2D eigenvalue weighted by atomic mass is 16.2. The quantitative estimate of drug-likeness (QED) is 0.845. The summed E-state index contributed by atoms with van der Waals surface area (Å²) >= 11 is 0.